The molecule has 3 heterocycles. The van der Waals surface area contributed by atoms with E-state index in [1.54, 1.807) is 0 Å². The van der Waals surface area contributed by atoms with Crippen molar-refractivity contribution in [1.29, 1.82) is 0 Å². The van der Waals surface area contributed by atoms with E-state index in [9.17, 15) is 0 Å². The molecule has 1 N–H and O–H groups in total. The van der Waals surface area contributed by atoms with Gasteiger partial charge in [-0.25, -0.2) is 9.97 Å². The largest absolute Gasteiger partial charge is 0.341 e. The van der Waals surface area contributed by atoms with E-state index >= 15 is 0 Å². The summed E-state index contributed by atoms with van der Waals surface area (Å²) in [7, 11) is 0. The van der Waals surface area contributed by atoms with Crippen LogP contribution in [0.2, 0.25) is 0 Å². The minimum Gasteiger partial charge on any atom is -0.341 e. The molecule has 2 fully saturated rings. The van der Waals surface area contributed by atoms with Gasteiger partial charge in [0, 0.05) is 44.1 Å². The van der Waals surface area contributed by atoms with Gasteiger partial charge in [0.2, 0.25) is 5.95 Å². The topological polar surface area (TPSA) is 41.1 Å². The van der Waals surface area contributed by atoms with Crippen LogP contribution in [0.5, 0.6) is 0 Å². The number of nitrogens with one attached hydrogen (secondary N) is 1. The summed E-state index contributed by atoms with van der Waals surface area (Å²) < 4.78 is 0. The van der Waals surface area contributed by atoms with E-state index in [1.807, 2.05) is 0 Å². The molecule has 4 nitrogen and oxygen atoms in total. The molecule has 0 atom stereocenters. The van der Waals surface area contributed by atoms with Crippen LogP contribution in [-0.2, 0) is 13.0 Å². The maximum atomic E-state index is 4.99. The average Bonchev–Trinajstić information content (AvgIpc) is 3.32. The Hall–Kier alpha value is -1.16. The maximum absolute atomic E-state index is 4.99. The highest BCUT2D eigenvalue weighted by molar-refractivity contribution is 5.41. The fraction of sp³-hybridized carbons (Fsp3) is 0.750. The number of nitrogens with zero attached hydrogens (tertiary/aromatic N) is 3. The van der Waals surface area contributed by atoms with Crippen LogP contribution < -0.4 is 10.2 Å². The van der Waals surface area contributed by atoms with Crippen molar-refractivity contribution in [2.45, 2.75) is 57.4 Å². The molecule has 20 heavy (non-hydrogen) atoms. The predicted molar refractivity (Wildman–Crippen MR) is 80.1 cm³/mol. The zero-order valence-corrected chi connectivity index (χ0v) is 12.2. The van der Waals surface area contributed by atoms with Crippen molar-refractivity contribution in [3.8, 4) is 0 Å². The Labute approximate surface area is 121 Å². The van der Waals surface area contributed by atoms with E-state index in [1.165, 1.54) is 55.5 Å². The van der Waals surface area contributed by atoms with E-state index in [-0.39, 0.29) is 0 Å². The standard InChI is InChI=1S/C16H24N4/c1-2-4-10-20(9-3-1)16-18-14-7-8-17-11-13(14)15(19-16)12-5-6-12/h12,17H,1-11H2. The van der Waals surface area contributed by atoms with E-state index in [0.29, 0.717) is 0 Å². The van der Waals surface area contributed by atoms with Crippen LogP contribution in [0.4, 0.5) is 5.95 Å². The Balaban J connectivity index is 1.70. The first-order valence-corrected chi connectivity index (χ1v) is 8.27. The van der Waals surface area contributed by atoms with Gasteiger partial charge in [-0.15, -0.1) is 0 Å². The van der Waals surface area contributed by atoms with Gasteiger partial charge in [0.05, 0.1) is 11.4 Å². The van der Waals surface area contributed by atoms with Crippen LogP contribution >= 0.6 is 0 Å². The first-order valence-electron chi connectivity index (χ1n) is 8.27. The molecule has 0 unspecified atom stereocenters. The van der Waals surface area contributed by atoms with Crippen molar-refractivity contribution in [2.24, 2.45) is 0 Å². The summed E-state index contributed by atoms with van der Waals surface area (Å²) in [5.74, 6) is 1.74. The van der Waals surface area contributed by atoms with Crippen molar-refractivity contribution in [2.75, 3.05) is 24.5 Å². The lowest BCUT2D eigenvalue weighted by molar-refractivity contribution is 0.612. The normalized spacial score (nSPS) is 23.3. The van der Waals surface area contributed by atoms with Gasteiger partial charge in [-0.1, -0.05) is 12.8 Å². The van der Waals surface area contributed by atoms with Crippen molar-refractivity contribution in [3.63, 3.8) is 0 Å². The van der Waals surface area contributed by atoms with Crippen LogP contribution in [0.25, 0.3) is 0 Å². The number of hydrogen-bond donors (Lipinski definition) is 1. The predicted octanol–water partition coefficient (Wildman–Crippen LogP) is 2.38. The van der Waals surface area contributed by atoms with Crippen LogP contribution in [0.1, 0.15) is 61.4 Å². The lowest BCUT2D eigenvalue weighted by Crippen LogP contribution is -2.31. The van der Waals surface area contributed by atoms with Crippen LogP contribution in [0.15, 0.2) is 0 Å². The van der Waals surface area contributed by atoms with E-state index < -0.39 is 0 Å². The zero-order chi connectivity index (χ0) is 13.4. The fourth-order valence-electron chi connectivity index (χ4n) is 3.46. The second-order valence-corrected chi connectivity index (χ2v) is 6.44. The first-order chi connectivity index (χ1) is 9.92. The summed E-state index contributed by atoms with van der Waals surface area (Å²) in [6.45, 7) is 4.32. The summed E-state index contributed by atoms with van der Waals surface area (Å²) >= 11 is 0. The lowest BCUT2D eigenvalue weighted by Gasteiger charge is -2.25. The van der Waals surface area contributed by atoms with Gasteiger partial charge < -0.3 is 10.2 Å². The smallest absolute Gasteiger partial charge is 0.225 e. The van der Waals surface area contributed by atoms with Gasteiger partial charge in [-0.05, 0) is 25.7 Å². The summed E-state index contributed by atoms with van der Waals surface area (Å²) in [5.41, 5.74) is 4.10. The third-order valence-electron chi connectivity index (χ3n) is 4.81. The number of fused-ring (bicyclic) bond motifs is 1. The Morgan fingerprint density at radius 1 is 1.00 bits per heavy atom. The van der Waals surface area contributed by atoms with Crippen molar-refractivity contribution < 1.29 is 0 Å². The van der Waals surface area contributed by atoms with Crippen LogP contribution in [0, 0.1) is 0 Å². The van der Waals surface area contributed by atoms with Gasteiger partial charge >= 0.3 is 0 Å². The average molecular weight is 272 g/mol. The fourth-order valence-corrected chi connectivity index (χ4v) is 3.46. The molecular weight excluding hydrogens is 248 g/mol. The van der Waals surface area contributed by atoms with Gasteiger partial charge in [0.1, 0.15) is 0 Å². The minimum atomic E-state index is 0.720. The van der Waals surface area contributed by atoms with Crippen molar-refractivity contribution in [1.82, 2.24) is 15.3 Å². The summed E-state index contributed by atoms with van der Waals surface area (Å²) in [6.07, 6.45) is 9.02. The van der Waals surface area contributed by atoms with E-state index in [0.717, 1.165) is 44.5 Å². The summed E-state index contributed by atoms with van der Waals surface area (Å²) in [4.78, 5) is 12.3. The SMILES string of the molecule is C1CCCN(c2nc3c(c(C4CC4)n2)CNCC3)CC1. The molecule has 3 aliphatic rings. The molecule has 0 radical (unpaired) electrons. The molecule has 1 aromatic rings. The van der Waals surface area contributed by atoms with Crippen molar-refractivity contribution >= 4 is 5.95 Å². The number of rotatable bonds is 2. The number of aromatic nitrogens is 2. The Morgan fingerprint density at radius 2 is 1.80 bits per heavy atom. The third-order valence-corrected chi connectivity index (χ3v) is 4.81. The first kappa shape index (κ1) is 12.6. The Morgan fingerprint density at radius 3 is 2.55 bits per heavy atom. The summed E-state index contributed by atoms with van der Waals surface area (Å²) in [6, 6.07) is 0. The summed E-state index contributed by atoms with van der Waals surface area (Å²) in [5, 5.41) is 3.48. The second-order valence-electron chi connectivity index (χ2n) is 6.44. The highest BCUT2D eigenvalue weighted by Gasteiger charge is 2.31. The maximum Gasteiger partial charge on any atom is 0.225 e. The van der Waals surface area contributed by atoms with Gasteiger partial charge in [0.25, 0.3) is 0 Å². The molecule has 0 spiro atoms. The molecule has 1 saturated carbocycles. The third kappa shape index (κ3) is 2.41. The van der Waals surface area contributed by atoms with Crippen LogP contribution in [0.3, 0.4) is 0 Å². The molecule has 1 saturated heterocycles. The zero-order valence-electron chi connectivity index (χ0n) is 12.2. The lowest BCUT2D eigenvalue weighted by atomic mass is 10.0. The number of hydrogen-bond acceptors (Lipinski definition) is 4. The van der Waals surface area contributed by atoms with Crippen LogP contribution in [-0.4, -0.2) is 29.6 Å². The van der Waals surface area contributed by atoms with Gasteiger partial charge in [-0.2, -0.15) is 0 Å². The van der Waals surface area contributed by atoms with Gasteiger partial charge in [0.15, 0.2) is 0 Å². The quantitative estimate of drug-likeness (QED) is 0.897. The van der Waals surface area contributed by atoms with Crippen molar-refractivity contribution in [3.05, 3.63) is 17.0 Å². The molecule has 4 rings (SSSR count). The minimum absolute atomic E-state index is 0.720. The molecule has 4 heteroatoms. The highest BCUT2D eigenvalue weighted by atomic mass is 15.3. The monoisotopic (exact) mass is 272 g/mol. The van der Waals surface area contributed by atoms with E-state index in [2.05, 4.69) is 10.2 Å². The second kappa shape index (κ2) is 5.32. The highest BCUT2D eigenvalue weighted by Crippen LogP contribution is 2.42. The molecule has 0 aromatic carbocycles. The molecule has 1 aliphatic carbocycles. The van der Waals surface area contributed by atoms with Gasteiger partial charge in [-0.3, -0.25) is 0 Å². The molecule has 2 aliphatic heterocycles. The number of anilines is 1. The van der Waals surface area contributed by atoms with E-state index in [4.69, 9.17) is 9.97 Å². The molecular formula is C16H24N4. The molecule has 108 valence electrons. The molecule has 0 bridgehead atoms. The molecule has 0 amide bonds. The molecule has 1 aromatic heterocycles. The Kier molecular flexibility index (Phi) is 3.34. The Bertz CT molecular complexity index is 487.